The van der Waals surface area contributed by atoms with E-state index in [9.17, 15) is 4.79 Å². The molecule has 6 nitrogen and oxygen atoms in total. The van der Waals surface area contributed by atoms with Crippen LogP contribution in [0.15, 0.2) is 66.1 Å². The fourth-order valence-corrected chi connectivity index (χ4v) is 5.70. The number of piperidine rings is 1. The van der Waals surface area contributed by atoms with Gasteiger partial charge in [0.2, 0.25) is 5.91 Å². The van der Waals surface area contributed by atoms with Gasteiger partial charge >= 0.3 is 0 Å². The Morgan fingerprint density at radius 3 is 2.83 bits per heavy atom. The average molecular weight is 436 g/mol. The van der Waals surface area contributed by atoms with Crippen LogP contribution in [0.3, 0.4) is 0 Å². The van der Waals surface area contributed by atoms with Crippen molar-refractivity contribution in [3.63, 3.8) is 0 Å². The van der Waals surface area contributed by atoms with Crippen molar-refractivity contribution in [1.82, 2.24) is 24.6 Å². The lowest BCUT2D eigenvalue weighted by molar-refractivity contribution is -0.129. The fraction of sp³-hybridized carbons (Fsp3) is 0.273. The van der Waals surface area contributed by atoms with Gasteiger partial charge in [0.05, 0.1) is 21.0 Å². The topological polar surface area (TPSA) is 63.9 Å². The number of benzene rings is 2. The van der Waals surface area contributed by atoms with Gasteiger partial charge in [0.25, 0.3) is 0 Å². The third kappa shape index (κ3) is 3.97. The van der Waals surface area contributed by atoms with Crippen LogP contribution in [0, 0.1) is 0 Å². The first-order valence-corrected chi connectivity index (χ1v) is 11.8. The minimum atomic E-state index is 0.147. The van der Waals surface area contributed by atoms with Crippen LogP contribution in [-0.2, 0) is 4.79 Å². The highest BCUT2D eigenvalue weighted by molar-refractivity contribution is 7.99. The number of carbonyl (C=O) groups excluding carboxylic acids is 1. The molecule has 1 atom stereocenters. The number of amides is 1. The van der Waals surface area contributed by atoms with E-state index >= 15 is 0 Å². The summed E-state index contributed by atoms with van der Waals surface area (Å²) in [5.41, 5.74) is 2.04. The molecule has 1 amide bonds. The first kappa shape index (κ1) is 19.3. The maximum atomic E-state index is 12.9. The summed E-state index contributed by atoms with van der Waals surface area (Å²) in [6.07, 6.45) is 3.78. The smallest absolute Gasteiger partial charge is 0.233 e. The number of hydrogen-bond donors (Lipinski definition) is 0. The second-order valence-electron chi connectivity index (χ2n) is 7.31. The largest absolute Gasteiger partial charge is 0.341 e. The number of thiazole rings is 1. The highest BCUT2D eigenvalue weighted by atomic mass is 32.2. The van der Waals surface area contributed by atoms with Crippen molar-refractivity contribution in [3.05, 3.63) is 65.9 Å². The average Bonchev–Trinajstić information content (AvgIpc) is 3.45. The molecule has 1 aliphatic rings. The molecule has 0 bridgehead atoms. The lowest BCUT2D eigenvalue weighted by atomic mass is 9.99. The Morgan fingerprint density at radius 1 is 1.13 bits per heavy atom. The van der Waals surface area contributed by atoms with E-state index in [0.717, 1.165) is 47.3 Å². The molecule has 0 saturated carbocycles. The Hall–Kier alpha value is -2.71. The molecule has 0 spiro atoms. The third-order valence-electron chi connectivity index (χ3n) is 5.31. The highest BCUT2D eigenvalue weighted by Crippen LogP contribution is 2.33. The number of fused-ring (bicyclic) bond motifs is 1. The Morgan fingerprint density at radius 2 is 1.97 bits per heavy atom. The Kier molecular flexibility index (Phi) is 5.50. The van der Waals surface area contributed by atoms with Gasteiger partial charge in [-0.05, 0) is 37.1 Å². The van der Waals surface area contributed by atoms with Gasteiger partial charge in [0, 0.05) is 24.7 Å². The summed E-state index contributed by atoms with van der Waals surface area (Å²) in [6.45, 7) is 1.55. The van der Waals surface area contributed by atoms with Crippen molar-refractivity contribution in [2.75, 3.05) is 18.8 Å². The Bertz CT molecular complexity index is 1120. The van der Waals surface area contributed by atoms with E-state index in [1.807, 2.05) is 51.9 Å². The van der Waals surface area contributed by atoms with Crippen LogP contribution in [0.2, 0.25) is 0 Å². The van der Waals surface area contributed by atoms with E-state index in [2.05, 4.69) is 22.3 Å². The third-order valence-corrected chi connectivity index (χ3v) is 7.44. The molecule has 30 heavy (non-hydrogen) atoms. The molecule has 2 aromatic carbocycles. The number of likely N-dealkylation sites (tertiary alicyclic amines) is 1. The predicted octanol–water partition coefficient (Wildman–Crippen LogP) is 4.38. The lowest BCUT2D eigenvalue weighted by Crippen LogP contribution is -2.40. The van der Waals surface area contributed by atoms with Crippen LogP contribution in [0.1, 0.15) is 23.8 Å². The monoisotopic (exact) mass is 435 g/mol. The van der Waals surface area contributed by atoms with E-state index in [-0.39, 0.29) is 5.91 Å². The summed E-state index contributed by atoms with van der Waals surface area (Å²) in [5.74, 6) is 0.824. The Balaban J connectivity index is 1.24. The molecule has 1 saturated heterocycles. The maximum Gasteiger partial charge on any atom is 0.233 e. The summed E-state index contributed by atoms with van der Waals surface area (Å²) in [7, 11) is 0. The number of thioether (sulfide) groups is 1. The molecular formula is C22H21N5OS2. The molecule has 0 aliphatic carbocycles. The second kappa shape index (κ2) is 8.57. The van der Waals surface area contributed by atoms with Crippen molar-refractivity contribution in [1.29, 1.82) is 0 Å². The SMILES string of the molecule is O=C(CSc1nncn1-c1ccccc1)N1CCCC(c2nc3ccccc3s2)C1. The molecule has 0 radical (unpaired) electrons. The van der Waals surface area contributed by atoms with E-state index in [4.69, 9.17) is 4.98 Å². The van der Waals surface area contributed by atoms with Crippen molar-refractivity contribution < 1.29 is 4.79 Å². The normalized spacial score (nSPS) is 16.8. The summed E-state index contributed by atoms with van der Waals surface area (Å²) in [5, 5.41) is 10.1. The molecule has 1 aliphatic heterocycles. The van der Waals surface area contributed by atoms with Crippen LogP contribution < -0.4 is 0 Å². The van der Waals surface area contributed by atoms with Crippen molar-refractivity contribution in [2.45, 2.75) is 23.9 Å². The number of rotatable bonds is 5. The number of nitrogens with zero attached hydrogens (tertiary/aromatic N) is 5. The Labute approximate surface area is 183 Å². The molecule has 2 aromatic heterocycles. The van der Waals surface area contributed by atoms with Crippen LogP contribution >= 0.6 is 23.1 Å². The molecule has 1 unspecified atom stereocenters. The number of para-hydroxylation sites is 2. The predicted molar refractivity (Wildman–Crippen MR) is 120 cm³/mol. The van der Waals surface area contributed by atoms with Crippen LogP contribution in [0.4, 0.5) is 0 Å². The molecule has 5 rings (SSSR count). The van der Waals surface area contributed by atoms with E-state index < -0.39 is 0 Å². The number of hydrogen-bond acceptors (Lipinski definition) is 6. The summed E-state index contributed by atoms with van der Waals surface area (Å²) < 4.78 is 3.13. The minimum Gasteiger partial charge on any atom is -0.341 e. The van der Waals surface area contributed by atoms with Crippen LogP contribution in [-0.4, -0.2) is 49.4 Å². The summed E-state index contributed by atoms with van der Waals surface area (Å²) in [4.78, 5) is 19.7. The quantitative estimate of drug-likeness (QED) is 0.436. The maximum absolute atomic E-state index is 12.9. The van der Waals surface area contributed by atoms with Crippen molar-refractivity contribution in [3.8, 4) is 5.69 Å². The molecule has 0 N–H and O–H groups in total. The molecule has 8 heteroatoms. The van der Waals surface area contributed by atoms with Crippen LogP contribution in [0.5, 0.6) is 0 Å². The van der Waals surface area contributed by atoms with Crippen molar-refractivity contribution >= 4 is 39.2 Å². The second-order valence-corrected chi connectivity index (χ2v) is 9.31. The van der Waals surface area contributed by atoms with Gasteiger partial charge in [-0.15, -0.1) is 21.5 Å². The van der Waals surface area contributed by atoms with Crippen LogP contribution in [0.25, 0.3) is 15.9 Å². The molecule has 152 valence electrons. The van der Waals surface area contributed by atoms with Gasteiger partial charge in [-0.1, -0.05) is 42.1 Å². The summed E-state index contributed by atoms with van der Waals surface area (Å²) in [6, 6.07) is 18.2. The van der Waals surface area contributed by atoms with Gasteiger partial charge in [0.1, 0.15) is 6.33 Å². The fourth-order valence-electron chi connectivity index (χ4n) is 3.78. The molecule has 3 heterocycles. The summed E-state index contributed by atoms with van der Waals surface area (Å²) >= 11 is 3.19. The van der Waals surface area contributed by atoms with Gasteiger partial charge in [-0.2, -0.15) is 0 Å². The first-order valence-electron chi connectivity index (χ1n) is 9.99. The van der Waals surface area contributed by atoms with Gasteiger partial charge < -0.3 is 4.90 Å². The lowest BCUT2D eigenvalue weighted by Gasteiger charge is -2.31. The van der Waals surface area contributed by atoms with Gasteiger partial charge in [0.15, 0.2) is 5.16 Å². The zero-order valence-electron chi connectivity index (χ0n) is 16.3. The minimum absolute atomic E-state index is 0.147. The van der Waals surface area contributed by atoms with Crippen molar-refractivity contribution in [2.24, 2.45) is 0 Å². The molecule has 4 aromatic rings. The zero-order valence-corrected chi connectivity index (χ0v) is 18.0. The van der Waals surface area contributed by atoms with E-state index in [1.54, 1.807) is 17.7 Å². The van der Waals surface area contributed by atoms with E-state index in [0.29, 0.717) is 11.7 Å². The van der Waals surface area contributed by atoms with Gasteiger partial charge in [-0.25, -0.2) is 4.98 Å². The first-order chi connectivity index (χ1) is 14.8. The number of aromatic nitrogens is 4. The van der Waals surface area contributed by atoms with Gasteiger partial charge in [-0.3, -0.25) is 9.36 Å². The molecule has 1 fully saturated rings. The highest BCUT2D eigenvalue weighted by Gasteiger charge is 2.27. The zero-order chi connectivity index (χ0) is 20.3. The number of carbonyl (C=O) groups is 1. The standard InChI is InChI=1S/C22H21N5OS2/c28-20(14-29-22-25-23-15-27(22)17-8-2-1-3-9-17)26-12-6-7-16(13-26)21-24-18-10-4-5-11-19(18)30-21/h1-5,8-11,15-16H,6-7,12-14H2. The molecular weight excluding hydrogens is 414 g/mol. The van der Waals surface area contributed by atoms with E-state index in [1.165, 1.54) is 16.5 Å².